The first-order chi connectivity index (χ1) is 19.7. The molecule has 1 aliphatic carbocycles. The number of halogens is 1. The molecule has 1 amide bonds. The van der Waals surface area contributed by atoms with Crippen LogP contribution in [0.4, 0.5) is 4.39 Å². The number of aliphatic hydroxyl groups is 1. The number of carbonyl (C=O) groups excluding carboxylic acids is 1. The first kappa shape index (κ1) is 29.6. The molecule has 3 aromatic rings. The Morgan fingerprint density at radius 2 is 2.05 bits per heavy atom. The summed E-state index contributed by atoms with van der Waals surface area (Å²) in [4.78, 5) is 16.8. The standard InChI is InChI=1S/C32H40FN3O4S/c1-20(2)11-21-5-6-29-25(14-21)27(17-32(40-29)7-4-8-32)35-18-28(37)26(36-30(38)19-39-3)15-22-12-23(16-24(33)13-22)31-34-9-10-41-31/h5-6,9-10,12-14,16,20,26-28,35,37H,4,7-8,11,15,17-19H2,1-3H3,(H,36,38)/t26-,27-,28-/m0/s1. The number of aliphatic hydroxyl groups excluding tert-OH is 1. The molecule has 0 radical (unpaired) electrons. The van der Waals surface area contributed by atoms with Gasteiger partial charge in [0.15, 0.2) is 0 Å². The van der Waals surface area contributed by atoms with Crippen molar-refractivity contribution in [2.24, 2.45) is 5.92 Å². The Hall–Kier alpha value is -2.85. The molecule has 7 nitrogen and oxygen atoms in total. The number of aromatic nitrogens is 1. The van der Waals surface area contributed by atoms with Crippen LogP contribution in [0.3, 0.4) is 0 Å². The lowest BCUT2D eigenvalue weighted by atomic mass is 9.72. The summed E-state index contributed by atoms with van der Waals surface area (Å²) >= 11 is 1.43. The summed E-state index contributed by atoms with van der Waals surface area (Å²) in [5, 5.41) is 20.5. The van der Waals surface area contributed by atoms with Crippen LogP contribution in [0.25, 0.3) is 10.6 Å². The third kappa shape index (κ3) is 7.33. The van der Waals surface area contributed by atoms with E-state index in [4.69, 9.17) is 9.47 Å². The van der Waals surface area contributed by atoms with Crippen LogP contribution in [0, 0.1) is 11.7 Å². The molecule has 1 fully saturated rings. The number of nitrogens with one attached hydrogen (secondary N) is 2. The second kappa shape index (κ2) is 13.0. The Bertz CT molecular complexity index is 1330. The number of thiazole rings is 1. The summed E-state index contributed by atoms with van der Waals surface area (Å²) in [6.07, 6.45) is 6.03. The van der Waals surface area contributed by atoms with Gasteiger partial charge in [-0.2, -0.15) is 0 Å². The van der Waals surface area contributed by atoms with Gasteiger partial charge in [0.05, 0.1) is 12.1 Å². The molecule has 41 heavy (non-hydrogen) atoms. The molecule has 2 aromatic carbocycles. The van der Waals surface area contributed by atoms with E-state index in [9.17, 15) is 14.3 Å². The highest BCUT2D eigenvalue weighted by Crippen LogP contribution is 2.49. The van der Waals surface area contributed by atoms with E-state index in [1.165, 1.54) is 36.1 Å². The number of amides is 1. The molecule has 3 N–H and O–H groups in total. The molecule has 0 saturated heterocycles. The molecule has 0 unspecified atom stereocenters. The quantitative estimate of drug-likeness (QED) is 0.272. The summed E-state index contributed by atoms with van der Waals surface area (Å²) in [7, 11) is 1.45. The average molecular weight is 582 g/mol. The summed E-state index contributed by atoms with van der Waals surface area (Å²) in [6, 6.07) is 10.6. The maximum absolute atomic E-state index is 14.6. The number of nitrogens with zero attached hydrogens (tertiary/aromatic N) is 1. The zero-order valence-corrected chi connectivity index (χ0v) is 24.8. The fourth-order valence-electron chi connectivity index (χ4n) is 5.96. The topological polar surface area (TPSA) is 92.7 Å². The van der Waals surface area contributed by atoms with Gasteiger partial charge in [-0.25, -0.2) is 9.37 Å². The van der Waals surface area contributed by atoms with Gasteiger partial charge in [0.1, 0.15) is 28.8 Å². The van der Waals surface area contributed by atoms with E-state index in [1.807, 2.05) is 11.4 Å². The summed E-state index contributed by atoms with van der Waals surface area (Å²) < 4.78 is 26.1. The maximum atomic E-state index is 14.6. The number of carbonyl (C=O) groups is 1. The highest BCUT2D eigenvalue weighted by Gasteiger charge is 2.45. The molecule has 3 atom stereocenters. The van der Waals surface area contributed by atoms with Gasteiger partial charge >= 0.3 is 0 Å². The molecule has 1 aliphatic heterocycles. The van der Waals surface area contributed by atoms with Crippen molar-refractivity contribution in [2.75, 3.05) is 20.3 Å². The number of ether oxygens (including phenoxy) is 2. The van der Waals surface area contributed by atoms with Gasteiger partial charge in [0.2, 0.25) is 5.91 Å². The first-order valence-electron chi connectivity index (χ1n) is 14.4. The van der Waals surface area contributed by atoms with Gasteiger partial charge < -0.3 is 25.2 Å². The highest BCUT2D eigenvalue weighted by atomic mass is 32.1. The van der Waals surface area contributed by atoms with Crippen molar-refractivity contribution in [3.8, 4) is 16.3 Å². The van der Waals surface area contributed by atoms with Gasteiger partial charge in [-0.3, -0.25) is 4.79 Å². The monoisotopic (exact) mass is 581 g/mol. The number of hydrogen-bond donors (Lipinski definition) is 3. The lowest BCUT2D eigenvalue weighted by Gasteiger charge is -2.48. The van der Waals surface area contributed by atoms with Crippen molar-refractivity contribution in [2.45, 2.75) is 76.2 Å². The van der Waals surface area contributed by atoms with E-state index in [-0.39, 0.29) is 42.9 Å². The first-order valence-corrected chi connectivity index (χ1v) is 15.3. The van der Waals surface area contributed by atoms with E-state index in [1.54, 1.807) is 6.20 Å². The van der Waals surface area contributed by atoms with Crippen molar-refractivity contribution in [1.82, 2.24) is 15.6 Å². The third-order valence-electron chi connectivity index (χ3n) is 8.01. The zero-order chi connectivity index (χ0) is 29.0. The van der Waals surface area contributed by atoms with Crippen molar-refractivity contribution < 1.29 is 23.8 Å². The lowest BCUT2D eigenvalue weighted by Crippen LogP contribution is -2.52. The summed E-state index contributed by atoms with van der Waals surface area (Å²) in [5.74, 6) is 0.731. The minimum Gasteiger partial charge on any atom is -0.487 e. The predicted octanol–water partition coefficient (Wildman–Crippen LogP) is 5.22. The van der Waals surface area contributed by atoms with Crippen molar-refractivity contribution in [3.63, 3.8) is 0 Å². The molecule has 2 aliphatic rings. The van der Waals surface area contributed by atoms with Crippen LogP contribution in [0.15, 0.2) is 48.0 Å². The predicted molar refractivity (Wildman–Crippen MR) is 159 cm³/mol. The van der Waals surface area contributed by atoms with Crippen LogP contribution in [0.1, 0.15) is 62.3 Å². The smallest absolute Gasteiger partial charge is 0.246 e. The Balaban J connectivity index is 1.34. The molecule has 1 spiro atoms. The molecule has 2 heterocycles. The van der Waals surface area contributed by atoms with E-state index in [2.05, 4.69) is 47.7 Å². The number of hydrogen-bond acceptors (Lipinski definition) is 7. The van der Waals surface area contributed by atoms with Crippen LogP contribution in [0.2, 0.25) is 0 Å². The van der Waals surface area contributed by atoms with E-state index in [0.717, 1.165) is 43.4 Å². The fraction of sp³-hybridized carbons (Fsp3) is 0.500. The van der Waals surface area contributed by atoms with E-state index < -0.39 is 12.1 Å². The highest BCUT2D eigenvalue weighted by molar-refractivity contribution is 7.13. The van der Waals surface area contributed by atoms with E-state index in [0.29, 0.717) is 22.1 Å². The summed E-state index contributed by atoms with van der Waals surface area (Å²) in [5.41, 5.74) is 3.57. The Morgan fingerprint density at radius 1 is 1.22 bits per heavy atom. The third-order valence-corrected chi connectivity index (χ3v) is 8.84. The molecular formula is C32H40FN3O4S. The van der Waals surface area contributed by atoms with Crippen molar-refractivity contribution in [1.29, 1.82) is 0 Å². The van der Waals surface area contributed by atoms with Gasteiger partial charge in [0, 0.05) is 48.8 Å². The van der Waals surface area contributed by atoms with Gasteiger partial charge in [-0.1, -0.05) is 26.0 Å². The maximum Gasteiger partial charge on any atom is 0.246 e. The largest absolute Gasteiger partial charge is 0.487 e. The Labute approximate surface area is 245 Å². The van der Waals surface area contributed by atoms with Crippen molar-refractivity contribution in [3.05, 3.63) is 70.5 Å². The second-order valence-corrected chi connectivity index (χ2v) is 12.7. The molecular weight excluding hydrogens is 541 g/mol. The fourth-order valence-corrected chi connectivity index (χ4v) is 6.58. The van der Waals surface area contributed by atoms with Crippen LogP contribution in [-0.2, 0) is 22.4 Å². The summed E-state index contributed by atoms with van der Waals surface area (Å²) in [6.45, 7) is 4.55. The van der Waals surface area contributed by atoms with Gasteiger partial charge in [-0.05, 0) is 73.4 Å². The molecule has 220 valence electrons. The van der Waals surface area contributed by atoms with Crippen LogP contribution in [-0.4, -0.2) is 54.0 Å². The molecule has 1 aromatic heterocycles. The molecule has 5 rings (SSSR count). The SMILES string of the molecule is COCC(=O)N[C@@H](Cc1cc(F)cc(-c2nccs2)c1)[C@@H](O)CN[C@H]1CC2(CCC2)Oc2ccc(CC(C)C)cc21. The Morgan fingerprint density at radius 3 is 2.73 bits per heavy atom. The molecule has 0 bridgehead atoms. The number of methoxy groups -OCH3 is 1. The normalized spacial score (nSPS) is 18.8. The zero-order valence-electron chi connectivity index (χ0n) is 24.0. The number of benzene rings is 2. The molecule has 9 heteroatoms. The lowest BCUT2D eigenvalue weighted by molar-refractivity contribution is -0.126. The second-order valence-electron chi connectivity index (χ2n) is 11.8. The van der Waals surface area contributed by atoms with Crippen LogP contribution >= 0.6 is 11.3 Å². The minimum atomic E-state index is -0.926. The van der Waals surface area contributed by atoms with Gasteiger partial charge in [-0.15, -0.1) is 11.3 Å². The van der Waals surface area contributed by atoms with Gasteiger partial charge in [0.25, 0.3) is 0 Å². The van der Waals surface area contributed by atoms with Crippen LogP contribution in [0.5, 0.6) is 5.75 Å². The molecule has 1 saturated carbocycles. The van der Waals surface area contributed by atoms with Crippen molar-refractivity contribution >= 4 is 17.2 Å². The van der Waals surface area contributed by atoms with Crippen LogP contribution < -0.4 is 15.4 Å². The average Bonchev–Trinajstić information content (AvgIpc) is 3.45. The minimum absolute atomic E-state index is 0.0156. The Kier molecular flexibility index (Phi) is 9.38. The number of fused-ring (bicyclic) bond motifs is 1. The number of rotatable bonds is 12. The van der Waals surface area contributed by atoms with E-state index >= 15 is 0 Å².